The topological polar surface area (TPSA) is 37.8 Å². The molecular formula is C19H20N2OS2. The van der Waals surface area contributed by atoms with E-state index < -0.39 is 0 Å². The van der Waals surface area contributed by atoms with E-state index in [9.17, 15) is 4.79 Å². The van der Waals surface area contributed by atoms with Gasteiger partial charge in [-0.25, -0.2) is 0 Å². The van der Waals surface area contributed by atoms with Crippen LogP contribution in [0, 0.1) is 10.7 Å². The molecule has 5 heteroatoms. The van der Waals surface area contributed by atoms with E-state index in [1.807, 2.05) is 18.2 Å². The summed E-state index contributed by atoms with van der Waals surface area (Å²) in [6.45, 7) is 2.91. The van der Waals surface area contributed by atoms with Crippen molar-refractivity contribution in [2.45, 2.75) is 39.2 Å². The van der Waals surface area contributed by atoms with Crippen LogP contribution in [0.15, 0.2) is 35.1 Å². The maximum atomic E-state index is 13.1. The Balaban J connectivity index is 1.76. The SMILES string of the molecule is CC1CCc2c(sc3[nH]c(=S)n(CCc4ccccc4)c(=O)c23)C1. The molecule has 3 nitrogen and oxygen atoms in total. The van der Waals surface area contributed by atoms with Crippen molar-refractivity contribution in [1.29, 1.82) is 0 Å². The van der Waals surface area contributed by atoms with Gasteiger partial charge in [-0.05, 0) is 54.9 Å². The molecule has 0 radical (unpaired) electrons. The Morgan fingerprint density at radius 3 is 2.92 bits per heavy atom. The summed E-state index contributed by atoms with van der Waals surface area (Å²) >= 11 is 7.18. The minimum absolute atomic E-state index is 0.0803. The predicted molar refractivity (Wildman–Crippen MR) is 103 cm³/mol. The van der Waals surface area contributed by atoms with Crippen LogP contribution in [0.1, 0.15) is 29.3 Å². The molecular weight excluding hydrogens is 336 g/mol. The molecule has 0 bridgehead atoms. The molecule has 1 aliphatic rings. The van der Waals surface area contributed by atoms with E-state index in [4.69, 9.17) is 12.2 Å². The van der Waals surface area contributed by atoms with E-state index in [0.29, 0.717) is 17.2 Å². The van der Waals surface area contributed by atoms with Crippen LogP contribution in [-0.2, 0) is 25.8 Å². The second-order valence-electron chi connectivity index (χ2n) is 6.68. The van der Waals surface area contributed by atoms with Crippen molar-refractivity contribution in [1.82, 2.24) is 9.55 Å². The Hall–Kier alpha value is -1.72. The summed E-state index contributed by atoms with van der Waals surface area (Å²) in [6.07, 6.45) is 4.07. The average Bonchev–Trinajstić information content (AvgIpc) is 2.92. The lowest BCUT2D eigenvalue weighted by Gasteiger charge is -2.17. The molecule has 1 aliphatic carbocycles. The van der Waals surface area contributed by atoms with Crippen LogP contribution in [0.5, 0.6) is 0 Å². The fourth-order valence-electron chi connectivity index (χ4n) is 3.55. The molecule has 124 valence electrons. The number of rotatable bonds is 3. The van der Waals surface area contributed by atoms with E-state index in [2.05, 4.69) is 24.0 Å². The summed E-state index contributed by atoms with van der Waals surface area (Å²) in [6, 6.07) is 10.2. The van der Waals surface area contributed by atoms with Crippen LogP contribution >= 0.6 is 23.6 Å². The minimum Gasteiger partial charge on any atom is -0.323 e. The lowest BCUT2D eigenvalue weighted by atomic mass is 9.89. The highest BCUT2D eigenvalue weighted by Gasteiger charge is 2.23. The van der Waals surface area contributed by atoms with Crippen LogP contribution in [0.3, 0.4) is 0 Å². The molecule has 1 aromatic carbocycles. The van der Waals surface area contributed by atoms with Gasteiger partial charge in [0.1, 0.15) is 4.83 Å². The summed E-state index contributed by atoms with van der Waals surface area (Å²) < 4.78 is 2.27. The highest BCUT2D eigenvalue weighted by molar-refractivity contribution is 7.71. The molecule has 4 rings (SSSR count). The average molecular weight is 357 g/mol. The molecule has 0 saturated carbocycles. The largest absolute Gasteiger partial charge is 0.323 e. The van der Waals surface area contributed by atoms with Gasteiger partial charge in [-0.1, -0.05) is 37.3 Å². The van der Waals surface area contributed by atoms with Gasteiger partial charge in [0.05, 0.1) is 5.39 Å². The van der Waals surface area contributed by atoms with Crippen molar-refractivity contribution >= 4 is 33.8 Å². The van der Waals surface area contributed by atoms with Gasteiger partial charge in [0.25, 0.3) is 5.56 Å². The summed E-state index contributed by atoms with van der Waals surface area (Å²) in [4.78, 5) is 18.7. The van der Waals surface area contributed by atoms with Crippen LogP contribution in [0.25, 0.3) is 10.2 Å². The minimum atomic E-state index is 0.0803. The number of aromatic nitrogens is 2. The van der Waals surface area contributed by atoms with Crippen molar-refractivity contribution in [3.63, 3.8) is 0 Å². The molecule has 1 unspecified atom stereocenters. The molecule has 0 fully saturated rings. The molecule has 0 saturated heterocycles. The zero-order valence-electron chi connectivity index (χ0n) is 13.7. The molecule has 2 aromatic heterocycles. The Morgan fingerprint density at radius 1 is 1.33 bits per heavy atom. The van der Waals surface area contributed by atoms with Crippen molar-refractivity contribution in [3.8, 4) is 0 Å². The Morgan fingerprint density at radius 2 is 2.12 bits per heavy atom. The Kier molecular flexibility index (Phi) is 4.14. The molecule has 2 heterocycles. The smallest absolute Gasteiger partial charge is 0.263 e. The second kappa shape index (κ2) is 6.30. The number of aryl methyl sites for hydroxylation is 2. The van der Waals surface area contributed by atoms with Gasteiger partial charge in [0.2, 0.25) is 0 Å². The number of H-pyrrole nitrogens is 1. The second-order valence-corrected chi connectivity index (χ2v) is 8.17. The maximum absolute atomic E-state index is 13.1. The van der Waals surface area contributed by atoms with Crippen LogP contribution < -0.4 is 5.56 Å². The number of nitrogens with one attached hydrogen (secondary N) is 1. The number of hydrogen-bond donors (Lipinski definition) is 1. The summed E-state index contributed by atoms with van der Waals surface area (Å²) in [7, 11) is 0. The zero-order valence-corrected chi connectivity index (χ0v) is 15.3. The molecule has 3 aromatic rings. The highest BCUT2D eigenvalue weighted by atomic mass is 32.1. The Bertz CT molecular complexity index is 998. The van der Waals surface area contributed by atoms with Crippen molar-refractivity contribution in [2.75, 3.05) is 0 Å². The normalized spacial score (nSPS) is 17.1. The van der Waals surface area contributed by atoms with Gasteiger partial charge >= 0.3 is 0 Å². The van der Waals surface area contributed by atoms with Gasteiger partial charge in [-0.2, -0.15) is 0 Å². The van der Waals surface area contributed by atoms with Gasteiger partial charge in [0, 0.05) is 11.4 Å². The molecule has 0 spiro atoms. The highest BCUT2D eigenvalue weighted by Crippen LogP contribution is 2.35. The van der Waals surface area contributed by atoms with Gasteiger partial charge in [-0.15, -0.1) is 11.3 Å². The standard InChI is InChI=1S/C19H20N2OS2/c1-12-7-8-14-15(11-12)24-17-16(14)18(22)21(19(23)20-17)10-9-13-5-3-2-4-6-13/h2-6,12H,7-11H2,1H3,(H,20,23). The number of aromatic amines is 1. The first kappa shape index (κ1) is 15.8. The molecule has 24 heavy (non-hydrogen) atoms. The Labute approximate surface area is 150 Å². The first-order valence-electron chi connectivity index (χ1n) is 8.45. The first-order valence-corrected chi connectivity index (χ1v) is 9.67. The van der Waals surface area contributed by atoms with Crippen molar-refractivity contribution in [2.24, 2.45) is 5.92 Å². The third kappa shape index (κ3) is 2.76. The third-order valence-corrected chi connectivity index (χ3v) is 6.40. The van der Waals surface area contributed by atoms with Crippen LogP contribution in [-0.4, -0.2) is 9.55 Å². The number of thiophene rings is 1. The monoisotopic (exact) mass is 356 g/mol. The summed E-state index contributed by atoms with van der Waals surface area (Å²) in [5, 5.41) is 0.878. The molecule has 0 amide bonds. The van der Waals surface area contributed by atoms with Gasteiger partial charge in [0.15, 0.2) is 4.77 Å². The number of fused-ring (bicyclic) bond motifs is 3. The van der Waals surface area contributed by atoms with E-state index in [1.165, 1.54) is 16.0 Å². The lowest BCUT2D eigenvalue weighted by Crippen LogP contribution is -2.24. The summed E-state index contributed by atoms with van der Waals surface area (Å²) in [5.41, 5.74) is 2.56. The maximum Gasteiger partial charge on any atom is 0.263 e. The molecule has 1 N–H and O–H groups in total. The molecule has 1 atom stereocenters. The third-order valence-electron chi connectivity index (χ3n) is 4.90. The predicted octanol–water partition coefficient (Wildman–Crippen LogP) is 4.49. The van der Waals surface area contributed by atoms with Gasteiger partial charge in [-0.3, -0.25) is 9.36 Å². The quantitative estimate of drug-likeness (QED) is 0.702. The van der Waals surface area contributed by atoms with Crippen molar-refractivity contribution < 1.29 is 0 Å². The van der Waals surface area contributed by atoms with Crippen LogP contribution in [0.2, 0.25) is 0 Å². The van der Waals surface area contributed by atoms with Gasteiger partial charge < -0.3 is 4.98 Å². The van der Waals surface area contributed by atoms with E-state index in [1.54, 1.807) is 15.9 Å². The van der Waals surface area contributed by atoms with E-state index in [-0.39, 0.29) is 5.56 Å². The van der Waals surface area contributed by atoms with Crippen molar-refractivity contribution in [3.05, 3.63) is 61.5 Å². The fourth-order valence-corrected chi connectivity index (χ4v) is 5.29. The number of benzene rings is 1. The lowest BCUT2D eigenvalue weighted by molar-refractivity contribution is 0.509. The molecule has 0 aliphatic heterocycles. The fraction of sp³-hybridized carbons (Fsp3) is 0.368. The van der Waals surface area contributed by atoms with Crippen LogP contribution in [0.4, 0.5) is 0 Å². The first-order chi connectivity index (χ1) is 11.6. The summed E-state index contributed by atoms with van der Waals surface area (Å²) in [5.74, 6) is 0.703. The number of hydrogen-bond acceptors (Lipinski definition) is 3. The zero-order chi connectivity index (χ0) is 16.7. The number of nitrogens with zero attached hydrogens (tertiary/aromatic N) is 1. The van der Waals surface area contributed by atoms with E-state index in [0.717, 1.165) is 35.9 Å². The van der Waals surface area contributed by atoms with E-state index >= 15 is 0 Å².